The molecule has 11 nitrogen and oxygen atoms in total. The zero-order valence-electron chi connectivity index (χ0n) is 42.9. The lowest BCUT2D eigenvalue weighted by atomic mass is 10.1. The smallest absolute Gasteiger partial charge is 0.252 e. The number of benzene rings is 7. The minimum atomic E-state index is -0.442. The number of amides is 4. The maximum atomic E-state index is 13.0. The first-order valence-corrected chi connectivity index (χ1v) is 26.4. The predicted molar refractivity (Wildman–Crippen MR) is 309 cm³/mol. The Kier molecular flexibility index (Phi) is 24.2. The second-order valence-corrected chi connectivity index (χ2v) is 19.5. The summed E-state index contributed by atoms with van der Waals surface area (Å²) in [5, 5.41) is 13.2. The molecular formula is C61H56Cl4F3N7O4. The van der Waals surface area contributed by atoms with Crippen LogP contribution in [0.4, 0.5) is 19.0 Å². The highest BCUT2D eigenvalue weighted by atomic mass is 35.5. The van der Waals surface area contributed by atoms with Gasteiger partial charge in [0.25, 0.3) is 23.6 Å². The highest BCUT2D eigenvalue weighted by molar-refractivity contribution is 6.42. The number of nitrogens with zero attached hydrogens (tertiary/aromatic N) is 3. The summed E-state index contributed by atoms with van der Waals surface area (Å²) < 4.78 is 38.9. The molecule has 0 aliphatic carbocycles. The van der Waals surface area contributed by atoms with E-state index in [0.717, 1.165) is 55.1 Å². The summed E-state index contributed by atoms with van der Waals surface area (Å²) in [4.78, 5) is 56.5. The fraction of sp³-hybridized carbons (Fsp3) is 0.164. The van der Waals surface area contributed by atoms with E-state index >= 15 is 0 Å². The van der Waals surface area contributed by atoms with Crippen LogP contribution in [0.3, 0.4) is 0 Å². The summed E-state index contributed by atoms with van der Waals surface area (Å²) in [6.45, 7) is 5.71. The Morgan fingerprint density at radius 2 is 0.924 bits per heavy atom. The van der Waals surface area contributed by atoms with E-state index in [0.29, 0.717) is 63.0 Å². The molecule has 0 bridgehead atoms. The van der Waals surface area contributed by atoms with Gasteiger partial charge in [0.05, 0.1) is 15.6 Å². The third-order valence-corrected chi connectivity index (χ3v) is 13.0. The number of likely N-dealkylation sites (N-methyl/N-ethyl adjacent to an activating group) is 1. The molecule has 0 atom stereocenters. The summed E-state index contributed by atoms with van der Waals surface area (Å²) >= 11 is 23.3. The van der Waals surface area contributed by atoms with Crippen molar-refractivity contribution in [2.45, 2.75) is 26.1 Å². The van der Waals surface area contributed by atoms with Crippen molar-refractivity contribution in [3.8, 4) is 0 Å². The molecule has 0 spiro atoms. The number of aromatic nitrogens is 1. The lowest BCUT2D eigenvalue weighted by Crippen LogP contribution is -2.44. The van der Waals surface area contributed by atoms with Crippen LogP contribution in [-0.4, -0.2) is 73.3 Å². The van der Waals surface area contributed by atoms with E-state index in [9.17, 15) is 32.3 Å². The van der Waals surface area contributed by atoms with E-state index in [1.54, 1.807) is 66.9 Å². The summed E-state index contributed by atoms with van der Waals surface area (Å²) in [6.07, 6.45) is 2.50. The topological polar surface area (TPSA) is 136 Å². The van der Waals surface area contributed by atoms with Crippen molar-refractivity contribution < 1.29 is 32.3 Å². The molecule has 9 rings (SSSR count). The molecule has 4 N–H and O–H groups in total. The Balaban J connectivity index is 0.000000171. The average molecular weight is 1150 g/mol. The monoisotopic (exact) mass is 1150 g/mol. The van der Waals surface area contributed by atoms with Gasteiger partial charge in [-0.2, -0.15) is 0 Å². The lowest BCUT2D eigenvalue weighted by Gasteiger charge is -2.33. The normalized spacial score (nSPS) is 11.7. The van der Waals surface area contributed by atoms with Gasteiger partial charge in [-0.1, -0.05) is 125 Å². The van der Waals surface area contributed by atoms with Crippen LogP contribution < -0.4 is 26.2 Å². The van der Waals surface area contributed by atoms with E-state index in [1.165, 1.54) is 60.2 Å². The quantitative estimate of drug-likeness (QED) is 0.0851. The number of carbonyl (C=O) groups is 4. The van der Waals surface area contributed by atoms with Crippen molar-refractivity contribution >= 4 is 75.9 Å². The van der Waals surface area contributed by atoms with Gasteiger partial charge in [0.2, 0.25) is 0 Å². The third kappa shape index (κ3) is 21.2. The Hall–Kier alpha value is -7.72. The second kappa shape index (κ2) is 31.6. The molecule has 408 valence electrons. The number of rotatable bonds is 14. The summed E-state index contributed by atoms with van der Waals surface area (Å²) in [5.74, 6) is -1.36. The van der Waals surface area contributed by atoms with E-state index < -0.39 is 17.5 Å². The van der Waals surface area contributed by atoms with Crippen LogP contribution in [0.5, 0.6) is 0 Å². The molecule has 0 radical (unpaired) electrons. The number of hydrogen-bond acceptors (Lipinski definition) is 7. The first-order chi connectivity index (χ1) is 38.1. The van der Waals surface area contributed by atoms with Crippen molar-refractivity contribution in [2.24, 2.45) is 0 Å². The number of piperazine rings is 1. The molecule has 18 heteroatoms. The highest BCUT2D eigenvalue weighted by Gasteiger charge is 2.16. The standard InChI is InChI=1S/C19H24N4O.C14H10Cl2FNO.2C14H11ClFNO/c1-22-11-13-23(14-12-22)18-8-7-17(15-21-18)19(24)20-10-9-16-5-3-2-4-6-16;15-12-5-4-9(6-13(12)16)8-18-14(19)10-2-1-3-11(17)7-10;15-12-5-1-3-10(7-12)9-17-14(18)11-4-2-6-13(16)8-11;15-12-6-4-10(5-7-12)9-17-14(18)11-2-1-3-13(16)8-11/h2-8,15H,9-14H2,1H3,(H,20,24);1-7H,8H2,(H,18,19);2*1-8H,9H2,(H,17,18). The van der Waals surface area contributed by atoms with E-state index in [1.807, 2.05) is 54.6 Å². The van der Waals surface area contributed by atoms with Gasteiger partial charge in [-0.3, -0.25) is 19.2 Å². The highest BCUT2D eigenvalue weighted by Crippen LogP contribution is 2.23. The van der Waals surface area contributed by atoms with Gasteiger partial charge in [-0.25, -0.2) is 18.2 Å². The van der Waals surface area contributed by atoms with Gasteiger partial charge in [0, 0.05) is 85.3 Å². The molecule has 7 aromatic carbocycles. The molecule has 0 unspecified atom stereocenters. The van der Waals surface area contributed by atoms with Crippen LogP contribution in [0.1, 0.15) is 63.7 Å². The fourth-order valence-electron chi connectivity index (χ4n) is 7.45. The minimum Gasteiger partial charge on any atom is -0.354 e. The number of nitrogens with one attached hydrogen (secondary N) is 4. The Labute approximate surface area is 477 Å². The molecular weight excluding hydrogens is 1090 g/mol. The average Bonchev–Trinajstić information content (AvgIpc) is 3.46. The SMILES string of the molecule is CN1CCN(c2ccc(C(=O)NCCc3ccccc3)cn2)CC1.O=C(NCc1ccc(Cl)c(Cl)c1)c1cccc(F)c1.O=C(NCc1ccc(Cl)cc1)c1cccc(F)c1.O=C(NCc1cccc(Cl)c1)c1cccc(F)c1. The number of anilines is 1. The van der Waals surface area contributed by atoms with Crippen LogP contribution in [0.2, 0.25) is 20.1 Å². The maximum absolute atomic E-state index is 13.0. The van der Waals surface area contributed by atoms with Crippen molar-refractivity contribution in [2.75, 3.05) is 44.7 Å². The molecule has 1 aliphatic rings. The van der Waals surface area contributed by atoms with Gasteiger partial charge in [0.15, 0.2) is 0 Å². The number of carbonyl (C=O) groups excluding carboxylic acids is 4. The minimum absolute atomic E-state index is 0.0663. The molecule has 79 heavy (non-hydrogen) atoms. The lowest BCUT2D eigenvalue weighted by molar-refractivity contribution is 0.0942. The Morgan fingerprint density at radius 1 is 0.443 bits per heavy atom. The first-order valence-electron chi connectivity index (χ1n) is 24.8. The van der Waals surface area contributed by atoms with Crippen LogP contribution >= 0.6 is 46.4 Å². The molecule has 1 fully saturated rings. The molecule has 2 heterocycles. The van der Waals surface area contributed by atoms with Crippen molar-refractivity contribution in [1.82, 2.24) is 31.2 Å². The predicted octanol–water partition coefficient (Wildman–Crippen LogP) is 12.7. The van der Waals surface area contributed by atoms with Crippen molar-refractivity contribution in [1.29, 1.82) is 0 Å². The van der Waals surface area contributed by atoms with Gasteiger partial charge in [-0.15, -0.1) is 0 Å². The molecule has 8 aromatic rings. The Bertz CT molecular complexity index is 3260. The third-order valence-electron chi connectivity index (χ3n) is 11.8. The van der Waals surface area contributed by atoms with Gasteiger partial charge in [-0.05, 0) is 139 Å². The van der Waals surface area contributed by atoms with E-state index in [2.05, 4.69) is 55.2 Å². The summed E-state index contributed by atoms with van der Waals surface area (Å²) in [5.41, 5.74) is 5.37. The van der Waals surface area contributed by atoms with E-state index in [-0.39, 0.29) is 29.2 Å². The zero-order chi connectivity index (χ0) is 56.5. The van der Waals surface area contributed by atoms with E-state index in [4.69, 9.17) is 46.4 Å². The van der Waals surface area contributed by atoms with Crippen LogP contribution in [0.25, 0.3) is 0 Å². The number of pyridine rings is 1. The first kappa shape index (κ1) is 60.5. The molecule has 0 saturated carbocycles. The van der Waals surface area contributed by atoms with Gasteiger partial charge < -0.3 is 31.1 Å². The number of hydrogen-bond donors (Lipinski definition) is 4. The summed E-state index contributed by atoms with van der Waals surface area (Å²) in [7, 11) is 2.13. The largest absolute Gasteiger partial charge is 0.354 e. The van der Waals surface area contributed by atoms with Crippen LogP contribution in [0.15, 0.2) is 188 Å². The molecule has 1 aliphatic heterocycles. The molecule has 1 aromatic heterocycles. The van der Waals surface area contributed by atoms with Crippen molar-refractivity contribution in [3.05, 3.63) is 270 Å². The molecule has 1 saturated heterocycles. The summed E-state index contributed by atoms with van der Waals surface area (Å²) in [6, 6.07) is 50.1. The second-order valence-electron chi connectivity index (χ2n) is 17.8. The fourth-order valence-corrected chi connectivity index (χ4v) is 8.11. The van der Waals surface area contributed by atoms with Crippen LogP contribution in [-0.2, 0) is 26.1 Å². The van der Waals surface area contributed by atoms with Crippen molar-refractivity contribution in [3.63, 3.8) is 0 Å². The van der Waals surface area contributed by atoms with Gasteiger partial charge in [0.1, 0.15) is 23.3 Å². The maximum Gasteiger partial charge on any atom is 0.252 e. The van der Waals surface area contributed by atoms with Crippen LogP contribution in [0, 0.1) is 17.5 Å². The number of halogens is 7. The molecule has 4 amide bonds. The zero-order valence-corrected chi connectivity index (χ0v) is 45.9. The Morgan fingerprint density at radius 3 is 1.42 bits per heavy atom. The van der Waals surface area contributed by atoms with Gasteiger partial charge >= 0.3 is 0 Å².